The van der Waals surface area contributed by atoms with Gasteiger partial charge in [0.2, 0.25) is 41.9 Å². The molecule has 0 saturated carbocycles. The van der Waals surface area contributed by atoms with Crippen LogP contribution in [0.5, 0.6) is 0 Å². The highest BCUT2D eigenvalue weighted by atomic mass is 16.3. The van der Waals surface area contributed by atoms with Crippen LogP contribution in [0.1, 0.15) is 26.7 Å². The first-order chi connectivity index (χ1) is 15.4. The molecule has 0 heterocycles. The molecule has 0 bridgehead atoms. The molecule has 0 aliphatic heterocycles. The molecule has 0 aromatic carbocycles. The van der Waals surface area contributed by atoms with Crippen LogP contribution in [0.4, 0.5) is 0 Å². The maximum Gasteiger partial charge on any atom is 0.245 e. The molecule has 0 rings (SSSR count). The topological polar surface area (TPSA) is 238 Å². The lowest BCUT2D eigenvalue weighted by molar-refractivity contribution is -0.135. The van der Waals surface area contributed by atoms with Crippen molar-refractivity contribution in [3.05, 3.63) is 0 Å². The fourth-order valence-corrected chi connectivity index (χ4v) is 2.39. The predicted molar refractivity (Wildman–Crippen MR) is 113 cm³/mol. The molecule has 0 aromatic rings. The minimum Gasteiger partial charge on any atom is -0.391 e. The van der Waals surface area contributed by atoms with Crippen LogP contribution in [0.25, 0.3) is 0 Å². The Morgan fingerprint density at radius 2 is 1.58 bits per heavy atom. The molecule has 0 radical (unpaired) electrons. The van der Waals surface area contributed by atoms with Gasteiger partial charge in [-0.3, -0.25) is 33.6 Å². The zero-order valence-electron chi connectivity index (χ0n) is 18.6. The number of carbonyl (C=O) groups excluding carboxylic acids is 7. The van der Waals surface area contributed by atoms with E-state index in [1.54, 1.807) is 0 Å². The van der Waals surface area contributed by atoms with Crippen molar-refractivity contribution in [2.75, 3.05) is 20.1 Å². The summed E-state index contributed by atoms with van der Waals surface area (Å²) in [4.78, 5) is 81.3. The van der Waals surface area contributed by atoms with Crippen LogP contribution in [0.2, 0.25) is 0 Å². The number of hydrogen-bond acceptors (Lipinski definition) is 8. The average molecular weight is 473 g/mol. The standard InChI is InChI=1S/C18H31N7O8/c1-9(16(31)24-11(6-12(19)28)17(32)20-3)23-18(33)15(10(2)27)25-14(30)7-22-13(29)4-5-21-8-26/h8-11,15,27H,4-7H2,1-3H3,(H2,19,28)(H,20,32)(H,21,26)(H,22,29)(H,23,33)(H,24,31)(H,25,30)/t9-,10?,11-,15?/m0/s1. The molecular formula is C18H31N7O8. The number of likely N-dealkylation sites (N-methyl/N-ethyl adjacent to an activating group) is 1. The monoisotopic (exact) mass is 473 g/mol. The number of carbonyl (C=O) groups is 7. The van der Waals surface area contributed by atoms with E-state index in [4.69, 9.17) is 5.73 Å². The minimum atomic E-state index is -1.46. The van der Waals surface area contributed by atoms with E-state index < -0.39 is 72.6 Å². The van der Waals surface area contributed by atoms with Gasteiger partial charge in [-0.1, -0.05) is 0 Å². The highest BCUT2D eigenvalue weighted by molar-refractivity contribution is 5.96. The van der Waals surface area contributed by atoms with E-state index in [1.165, 1.54) is 20.9 Å². The van der Waals surface area contributed by atoms with Gasteiger partial charge in [0.1, 0.15) is 18.1 Å². The third kappa shape index (κ3) is 12.0. The lowest BCUT2D eigenvalue weighted by Gasteiger charge is -2.24. The Morgan fingerprint density at radius 3 is 2.09 bits per heavy atom. The van der Waals surface area contributed by atoms with Crippen LogP contribution in [0.3, 0.4) is 0 Å². The number of primary amides is 1. The lowest BCUT2D eigenvalue weighted by Crippen LogP contribution is -2.58. The molecule has 15 nitrogen and oxygen atoms in total. The Kier molecular flexibility index (Phi) is 13.4. The summed E-state index contributed by atoms with van der Waals surface area (Å²) in [5.41, 5.74) is 5.06. The van der Waals surface area contributed by atoms with Gasteiger partial charge in [-0.05, 0) is 13.8 Å². The van der Waals surface area contributed by atoms with Gasteiger partial charge in [-0.2, -0.15) is 0 Å². The Labute approximate surface area is 190 Å². The van der Waals surface area contributed by atoms with Gasteiger partial charge in [0.15, 0.2) is 0 Å². The number of rotatable bonds is 15. The summed E-state index contributed by atoms with van der Waals surface area (Å²) in [6, 6.07) is -3.92. The molecule has 33 heavy (non-hydrogen) atoms. The molecule has 0 aromatic heterocycles. The van der Waals surface area contributed by atoms with Crippen molar-refractivity contribution < 1.29 is 38.7 Å². The van der Waals surface area contributed by atoms with E-state index in [9.17, 15) is 38.7 Å². The van der Waals surface area contributed by atoms with E-state index in [1.807, 2.05) is 0 Å². The van der Waals surface area contributed by atoms with Crippen LogP contribution in [-0.4, -0.2) is 91.3 Å². The largest absolute Gasteiger partial charge is 0.391 e. The van der Waals surface area contributed by atoms with Crippen molar-refractivity contribution >= 4 is 41.9 Å². The molecule has 0 aliphatic carbocycles. The SMILES string of the molecule is CNC(=O)[C@H](CC(N)=O)NC(=O)[C@H](C)NC(=O)C(NC(=O)CNC(=O)CCNC=O)C(C)O. The summed E-state index contributed by atoms with van der Waals surface area (Å²) in [6.07, 6.45) is -1.46. The summed E-state index contributed by atoms with van der Waals surface area (Å²) >= 11 is 0. The van der Waals surface area contributed by atoms with Crippen LogP contribution in [-0.2, 0) is 33.6 Å². The summed E-state index contributed by atoms with van der Waals surface area (Å²) in [7, 11) is 1.30. The number of aliphatic hydroxyl groups excluding tert-OH is 1. The second-order valence-electron chi connectivity index (χ2n) is 6.96. The van der Waals surface area contributed by atoms with Crippen molar-refractivity contribution in [3.63, 3.8) is 0 Å². The summed E-state index contributed by atoms with van der Waals surface area (Å²) in [5, 5.41) is 23.5. The zero-order valence-corrected chi connectivity index (χ0v) is 18.6. The van der Waals surface area contributed by atoms with E-state index in [0.29, 0.717) is 6.41 Å². The van der Waals surface area contributed by atoms with Crippen molar-refractivity contribution in [2.45, 2.75) is 50.9 Å². The first kappa shape index (κ1) is 29.2. The number of nitrogens with one attached hydrogen (secondary N) is 6. The van der Waals surface area contributed by atoms with E-state index in [0.717, 1.165) is 0 Å². The molecule has 15 heteroatoms. The lowest BCUT2D eigenvalue weighted by atomic mass is 10.1. The fraction of sp³-hybridized carbons (Fsp3) is 0.611. The van der Waals surface area contributed by atoms with Crippen LogP contribution in [0.15, 0.2) is 0 Å². The molecule has 0 aliphatic rings. The molecule has 9 N–H and O–H groups in total. The third-order valence-electron chi connectivity index (χ3n) is 4.14. The van der Waals surface area contributed by atoms with Crippen LogP contribution in [0, 0.1) is 0 Å². The maximum atomic E-state index is 12.5. The summed E-state index contributed by atoms with van der Waals surface area (Å²) < 4.78 is 0. The number of nitrogens with two attached hydrogens (primary N) is 1. The Bertz CT molecular complexity index is 743. The van der Waals surface area contributed by atoms with Gasteiger partial charge >= 0.3 is 0 Å². The molecule has 2 unspecified atom stereocenters. The zero-order chi connectivity index (χ0) is 25.6. The number of hydrogen-bond donors (Lipinski definition) is 8. The third-order valence-corrected chi connectivity index (χ3v) is 4.14. The molecule has 0 fully saturated rings. The second-order valence-corrected chi connectivity index (χ2v) is 6.96. The Balaban J connectivity index is 4.87. The molecular weight excluding hydrogens is 442 g/mol. The second kappa shape index (κ2) is 15.1. The highest BCUT2D eigenvalue weighted by Gasteiger charge is 2.30. The van der Waals surface area contributed by atoms with Crippen LogP contribution < -0.4 is 37.6 Å². The van der Waals surface area contributed by atoms with Gasteiger partial charge in [0.05, 0.1) is 19.1 Å². The van der Waals surface area contributed by atoms with Gasteiger partial charge in [-0.15, -0.1) is 0 Å². The molecule has 4 atom stereocenters. The molecule has 7 amide bonds. The molecule has 0 spiro atoms. The maximum absolute atomic E-state index is 12.5. The van der Waals surface area contributed by atoms with E-state index in [-0.39, 0.29) is 13.0 Å². The van der Waals surface area contributed by atoms with Crippen molar-refractivity contribution in [3.8, 4) is 0 Å². The average Bonchev–Trinajstić information content (AvgIpc) is 2.74. The molecule has 0 saturated heterocycles. The Hall–Kier alpha value is -3.75. The number of aliphatic hydroxyl groups is 1. The normalized spacial score (nSPS) is 13.8. The van der Waals surface area contributed by atoms with Gasteiger partial charge in [0, 0.05) is 20.0 Å². The van der Waals surface area contributed by atoms with Crippen molar-refractivity contribution in [2.24, 2.45) is 5.73 Å². The Morgan fingerprint density at radius 1 is 0.939 bits per heavy atom. The summed E-state index contributed by atoms with van der Waals surface area (Å²) in [5.74, 6) is -4.53. The fourth-order valence-electron chi connectivity index (χ4n) is 2.39. The van der Waals surface area contributed by atoms with Gasteiger partial charge in [0.25, 0.3) is 0 Å². The minimum absolute atomic E-state index is 0.0637. The smallest absolute Gasteiger partial charge is 0.245 e. The number of amides is 7. The first-order valence-corrected chi connectivity index (χ1v) is 9.94. The molecule has 186 valence electrons. The van der Waals surface area contributed by atoms with E-state index in [2.05, 4.69) is 31.9 Å². The highest BCUT2D eigenvalue weighted by Crippen LogP contribution is 1.98. The van der Waals surface area contributed by atoms with Crippen LogP contribution >= 0.6 is 0 Å². The first-order valence-electron chi connectivity index (χ1n) is 9.94. The van der Waals surface area contributed by atoms with Gasteiger partial charge < -0.3 is 42.7 Å². The van der Waals surface area contributed by atoms with E-state index >= 15 is 0 Å². The quantitative estimate of drug-likeness (QED) is 0.0842. The van der Waals surface area contributed by atoms with Crippen molar-refractivity contribution in [1.82, 2.24) is 31.9 Å². The van der Waals surface area contributed by atoms with Crippen molar-refractivity contribution in [1.29, 1.82) is 0 Å². The summed E-state index contributed by atoms with van der Waals surface area (Å²) in [6.45, 7) is 2.10. The van der Waals surface area contributed by atoms with Gasteiger partial charge in [-0.25, -0.2) is 0 Å². The predicted octanol–water partition coefficient (Wildman–Crippen LogP) is -5.28.